The maximum Gasteiger partial charge on any atom is 0.490 e. The standard InChI is InChI=1S/C20H28N2O2.C2HF3O2/c23-19(14-17-15-21-10-13-24-17)22-11-8-20(9-12-22)7-3-5-16-4-1-2-6-18(16)20;3-2(4,5)1(6)7/h1-2,4,6,17,21H,3,5,7-15H2;(H,6,7)/t17-;/m0./s1. The Morgan fingerprint density at radius 3 is 2.48 bits per heavy atom. The molecule has 3 aliphatic rings. The van der Waals surface area contributed by atoms with Gasteiger partial charge in [-0.1, -0.05) is 24.3 Å². The van der Waals surface area contributed by atoms with E-state index in [1.165, 1.54) is 24.8 Å². The minimum absolute atomic E-state index is 0.0533. The van der Waals surface area contributed by atoms with Crippen molar-refractivity contribution < 1.29 is 32.6 Å². The van der Waals surface area contributed by atoms with Gasteiger partial charge in [-0.3, -0.25) is 4.79 Å². The summed E-state index contributed by atoms with van der Waals surface area (Å²) < 4.78 is 37.4. The summed E-state index contributed by atoms with van der Waals surface area (Å²) in [5.41, 5.74) is 3.41. The van der Waals surface area contributed by atoms with E-state index in [0.29, 0.717) is 11.8 Å². The minimum Gasteiger partial charge on any atom is -0.475 e. The summed E-state index contributed by atoms with van der Waals surface area (Å²) in [6.45, 7) is 4.21. The van der Waals surface area contributed by atoms with Gasteiger partial charge in [0.15, 0.2) is 0 Å². The fourth-order valence-corrected chi connectivity index (χ4v) is 4.79. The summed E-state index contributed by atoms with van der Waals surface area (Å²) in [5, 5.41) is 10.4. The number of alkyl halides is 3. The van der Waals surface area contributed by atoms with Gasteiger partial charge in [0.05, 0.1) is 19.1 Å². The number of hydrogen-bond acceptors (Lipinski definition) is 4. The second-order valence-corrected chi connectivity index (χ2v) is 8.38. The van der Waals surface area contributed by atoms with Crippen molar-refractivity contribution in [1.82, 2.24) is 10.2 Å². The Morgan fingerprint density at radius 1 is 1.19 bits per heavy atom. The van der Waals surface area contributed by atoms with E-state index in [4.69, 9.17) is 14.6 Å². The molecule has 6 nitrogen and oxygen atoms in total. The molecule has 1 aliphatic carbocycles. The van der Waals surface area contributed by atoms with E-state index in [9.17, 15) is 18.0 Å². The molecule has 2 aliphatic heterocycles. The van der Waals surface area contributed by atoms with Crippen LogP contribution in [0.15, 0.2) is 24.3 Å². The number of halogens is 3. The average molecular weight is 442 g/mol. The van der Waals surface area contributed by atoms with Crippen molar-refractivity contribution in [3.8, 4) is 0 Å². The van der Waals surface area contributed by atoms with Crippen molar-refractivity contribution in [3.05, 3.63) is 35.4 Å². The van der Waals surface area contributed by atoms with E-state index in [-0.39, 0.29) is 12.0 Å². The van der Waals surface area contributed by atoms with Gasteiger partial charge in [0, 0.05) is 26.2 Å². The molecule has 1 spiro atoms. The van der Waals surface area contributed by atoms with E-state index in [2.05, 4.69) is 34.5 Å². The van der Waals surface area contributed by atoms with Crippen molar-refractivity contribution in [2.75, 3.05) is 32.8 Å². The molecule has 1 aromatic carbocycles. The van der Waals surface area contributed by atoms with Crippen LogP contribution in [0.1, 0.15) is 43.2 Å². The molecule has 2 saturated heterocycles. The third kappa shape index (κ3) is 5.98. The molecule has 0 aromatic heterocycles. The molecule has 2 fully saturated rings. The molecule has 2 N–H and O–H groups in total. The number of nitrogens with zero attached hydrogens (tertiary/aromatic N) is 1. The predicted octanol–water partition coefficient (Wildman–Crippen LogP) is 2.89. The molecule has 9 heteroatoms. The molecule has 1 aromatic rings. The molecule has 4 rings (SSSR count). The fourth-order valence-electron chi connectivity index (χ4n) is 4.79. The number of carboxylic acid groups (broad SMARTS) is 1. The highest BCUT2D eigenvalue weighted by Crippen LogP contribution is 2.44. The van der Waals surface area contributed by atoms with E-state index in [1.54, 1.807) is 5.56 Å². The summed E-state index contributed by atoms with van der Waals surface area (Å²) >= 11 is 0. The summed E-state index contributed by atoms with van der Waals surface area (Å²) in [4.78, 5) is 23.6. The summed E-state index contributed by atoms with van der Waals surface area (Å²) in [6.07, 6.45) is 1.49. The lowest BCUT2D eigenvalue weighted by Crippen LogP contribution is -2.48. The number of piperidine rings is 1. The van der Waals surface area contributed by atoms with E-state index < -0.39 is 12.1 Å². The van der Waals surface area contributed by atoms with Crippen LogP contribution < -0.4 is 5.32 Å². The molecular formula is C22H29F3N2O4. The number of hydrogen-bond donors (Lipinski definition) is 2. The summed E-state index contributed by atoms with van der Waals surface area (Å²) in [6, 6.07) is 8.96. The normalized spacial score (nSPS) is 22.8. The third-order valence-corrected chi connectivity index (χ3v) is 6.41. The van der Waals surface area contributed by atoms with Crippen LogP contribution in [0.25, 0.3) is 0 Å². The largest absolute Gasteiger partial charge is 0.490 e. The zero-order valence-electron chi connectivity index (χ0n) is 17.4. The Kier molecular flexibility index (Phi) is 7.59. The number of nitrogens with one attached hydrogen (secondary N) is 1. The number of rotatable bonds is 2. The van der Waals surface area contributed by atoms with Crippen LogP contribution in [0.4, 0.5) is 13.2 Å². The van der Waals surface area contributed by atoms with Gasteiger partial charge in [0.2, 0.25) is 5.91 Å². The number of ether oxygens (including phenoxy) is 1. The first-order valence-electron chi connectivity index (χ1n) is 10.7. The maximum absolute atomic E-state index is 12.6. The van der Waals surface area contributed by atoms with E-state index >= 15 is 0 Å². The number of amides is 1. The van der Waals surface area contributed by atoms with Crippen LogP contribution in [0.5, 0.6) is 0 Å². The van der Waals surface area contributed by atoms with Crippen molar-refractivity contribution in [3.63, 3.8) is 0 Å². The first-order valence-corrected chi connectivity index (χ1v) is 10.7. The number of carboxylic acids is 1. The highest BCUT2D eigenvalue weighted by molar-refractivity contribution is 5.77. The van der Waals surface area contributed by atoms with Gasteiger partial charge in [-0.25, -0.2) is 4.79 Å². The van der Waals surface area contributed by atoms with Crippen LogP contribution in [0, 0.1) is 0 Å². The monoisotopic (exact) mass is 442 g/mol. The van der Waals surface area contributed by atoms with E-state index in [1.807, 2.05) is 0 Å². The average Bonchev–Trinajstić information content (AvgIpc) is 2.75. The Bertz CT molecular complexity index is 770. The number of carbonyl (C=O) groups excluding carboxylic acids is 1. The highest BCUT2D eigenvalue weighted by atomic mass is 19.4. The number of aliphatic carboxylic acids is 1. The number of benzene rings is 1. The molecule has 0 unspecified atom stereocenters. The van der Waals surface area contributed by atoms with E-state index in [0.717, 1.165) is 45.6 Å². The zero-order chi connectivity index (χ0) is 22.5. The SMILES string of the molecule is O=C(C[C@H]1CNCCO1)N1CCC2(CCCc3ccccc32)CC1.O=C(O)C(F)(F)F. The second-order valence-electron chi connectivity index (χ2n) is 8.38. The lowest BCUT2D eigenvalue weighted by Gasteiger charge is -2.45. The molecule has 31 heavy (non-hydrogen) atoms. The highest BCUT2D eigenvalue weighted by Gasteiger charge is 2.40. The fraction of sp³-hybridized carbons (Fsp3) is 0.636. The van der Waals surface area contributed by atoms with Crippen LogP contribution >= 0.6 is 0 Å². The van der Waals surface area contributed by atoms with Crippen LogP contribution in [-0.4, -0.2) is 66.9 Å². The van der Waals surface area contributed by atoms with Gasteiger partial charge in [0.1, 0.15) is 0 Å². The number of fused-ring (bicyclic) bond motifs is 2. The summed E-state index contributed by atoms with van der Waals surface area (Å²) in [7, 11) is 0. The van der Waals surface area contributed by atoms with Gasteiger partial charge in [-0.15, -0.1) is 0 Å². The first kappa shape index (κ1) is 23.5. The van der Waals surface area contributed by atoms with Crippen LogP contribution in [0.2, 0.25) is 0 Å². The number of likely N-dealkylation sites (tertiary alicyclic amines) is 1. The van der Waals surface area contributed by atoms with Gasteiger partial charge < -0.3 is 20.1 Å². The van der Waals surface area contributed by atoms with Crippen molar-refractivity contribution in [2.45, 2.75) is 56.2 Å². The van der Waals surface area contributed by atoms with Gasteiger partial charge >= 0.3 is 12.1 Å². The second kappa shape index (κ2) is 9.99. The molecule has 1 atom stereocenters. The quantitative estimate of drug-likeness (QED) is 0.737. The zero-order valence-corrected chi connectivity index (χ0v) is 17.4. The Labute approximate surface area is 179 Å². The Hall–Kier alpha value is -2.13. The number of aryl methyl sites for hydroxylation is 1. The third-order valence-electron chi connectivity index (χ3n) is 6.41. The van der Waals surface area contributed by atoms with Gasteiger partial charge in [-0.05, 0) is 48.6 Å². The molecule has 172 valence electrons. The molecular weight excluding hydrogens is 413 g/mol. The lowest BCUT2D eigenvalue weighted by molar-refractivity contribution is -0.192. The Morgan fingerprint density at radius 2 is 1.87 bits per heavy atom. The number of carbonyl (C=O) groups is 2. The lowest BCUT2D eigenvalue weighted by atomic mass is 9.65. The number of morpholine rings is 1. The van der Waals surface area contributed by atoms with Crippen LogP contribution in [0.3, 0.4) is 0 Å². The molecule has 1 amide bonds. The van der Waals surface area contributed by atoms with Crippen molar-refractivity contribution in [2.24, 2.45) is 0 Å². The van der Waals surface area contributed by atoms with Gasteiger partial charge in [-0.2, -0.15) is 13.2 Å². The van der Waals surface area contributed by atoms with Crippen molar-refractivity contribution in [1.29, 1.82) is 0 Å². The smallest absolute Gasteiger partial charge is 0.475 e. The van der Waals surface area contributed by atoms with Crippen molar-refractivity contribution >= 4 is 11.9 Å². The predicted molar refractivity (Wildman–Crippen MR) is 108 cm³/mol. The van der Waals surface area contributed by atoms with Crippen LogP contribution in [-0.2, 0) is 26.2 Å². The molecule has 0 radical (unpaired) electrons. The molecule has 0 bridgehead atoms. The minimum atomic E-state index is -5.08. The molecule has 0 saturated carbocycles. The first-order chi connectivity index (χ1) is 14.7. The topological polar surface area (TPSA) is 78.9 Å². The Balaban J connectivity index is 0.000000339. The van der Waals surface area contributed by atoms with Gasteiger partial charge in [0.25, 0.3) is 0 Å². The maximum atomic E-state index is 12.6. The summed E-state index contributed by atoms with van der Waals surface area (Å²) in [5.74, 6) is -2.49. The molecule has 2 heterocycles.